The fraction of sp³-hybridized carbons (Fsp3) is 0.312. The maximum Gasteiger partial charge on any atom is 0.212 e. The fourth-order valence-corrected chi connectivity index (χ4v) is 3.72. The average Bonchev–Trinajstić information content (AvgIpc) is 2.94. The summed E-state index contributed by atoms with van der Waals surface area (Å²) in [5, 5.41) is 5.22. The highest BCUT2D eigenvalue weighted by molar-refractivity contribution is 7.91. The van der Waals surface area contributed by atoms with E-state index in [0.29, 0.717) is 6.42 Å². The molecular formula is C16H19FN2O2S. The van der Waals surface area contributed by atoms with E-state index in [0.717, 1.165) is 29.3 Å². The molecule has 6 heteroatoms. The maximum absolute atomic E-state index is 13.5. The van der Waals surface area contributed by atoms with Crippen LogP contribution in [-0.2, 0) is 16.3 Å². The standard InChI is InChI=1S/C16H19FN2O2S/c1-3-12(9-14-8-6-5-7-13(14)4-2)11-22(20,21)16-15(17)10-18-19-16/h5-10H,3-4,11H2,1-2H3,(H,18,19). The number of aromatic amines is 1. The number of hydrogen-bond acceptors (Lipinski definition) is 3. The molecule has 0 atom stereocenters. The lowest BCUT2D eigenvalue weighted by atomic mass is 10.0. The first-order valence-corrected chi connectivity index (χ1v) is 8.82. The van der Waals surface area contributed by atoms with Gasteiger partial charge in [0.15, 0.2) is 5.82 Å². The first-order valence-electron chi connectivity index (χ1n) is 7.17. The average molecular weight is 322 g/mol. The normalized spacial score (nSPS) is 12.6. The summed E-state index contributed by atoms with van der Waals surface area (Å²) in [5.74, 6) is -1.08. The van der Waals surface area contributed by atoms with Crippen LogP contribution in [0.25, 0.3) is 6.08 Å². The van der Waals surface area contributed by atoms with E-state index in [-0.39, 0.29) is 5.75 Å². The smallest absolute Gasteiger partial charge is 0.212 e. The molecule has 0 saturated carbocycles. The summed E-state index contributed by atoms with van der Waals surface area (Å²) in [5.41, 5.74) is 2.87. The first kappa shape index (κ1) is 16.4. The zero-order chi connectivity index (χ0) is 16.2. The largest absolute Gasteiger partial charge is 0.281 e. The summed E-state index contributed by atoms with van der Waals surface area (Å²) in [7, 11) is -3.78. The molecule has 0 amide bonds. The molecule has 0 spiro atoms. The van der Waals surface area contributed by atoms with E-state index in [1.165, 1.54) is 0 Å². The van der Waals surface area contributed by atoms with E-state index in [4.69, 9.17) is 0 Å². The Balaban J connectivity index is 2.33. The predicted molar refractivity (Wildman–Crippen MR) is 84.7 cm³/mol. The molecule has 0 radical (unpaired) electrons. The number of rotatable bonds is 6. The summed E-state index contributed by atoms with van der Waals surface area (Å²) >= 11 is 0. The van der Waals surface area contributed by atoms with Gasteiger partial charge in [0.2, 0.25) is 14.9 Å². The van der Waals surface area contributed by atoms with Gasteiger partial charge in [0, 0.05) is 0 Å². The quantitative estimate of drug-likeness (QED) is 0.887. The molecule has 0 aliphatic heterocycles. The van der Waals surface area contributed by atoms with Crippen molar-refractivity contribution in [3.8, 4) is 0 Å². The van der Waals surface area contributed by atoms with Gasteiger partial charge in [-0.25, -0.2) is 12.8 Å². The van der Waals surface area contributed by atoms with E-state index >= 15 is 0 Å². The Morgan fingerprint density at radius 2 is 2.05 bits per heavy atom. The zero-order valence-corrected chi connectivity index (χ0v) is 13.5. The van der Waals surface area contributed by atoms with Gasteiger partial charge < -0.3 is 0 Å². The number of hydrogen-bond donors (Lipinski definition) is 1. The summed E-state index contributed by atoms with van der Waals surface area (Å²) in [6.07, 6.45) is 4.25. The van der Waals surface area contributed by atoms with Crippen molar-refractivity contribution < 1.29 is 12.8 Å². The van der Waals surface area contributed by atoms with Crippen LogP contribution in [-0.4, -0.2) is 24.4 Å². The van der Waals surface area contributed by atoms with Gasteiger partial charge in [-0.2, -0.15) is 5.10 Å². The second-order valence-corrected chi connectivity index (χ2v) is 6.91. The maximum atomic E-state index is 13.5. The molecule has 0 fully saturated rings. The van der Waals surface area contributed by atoms with Crippen molar-refractivity contribution in [2.75, 3.05) is 5.75 Å². The predicted octanol–water partition coefficient (Wildman–Crippen LogP) is 3.38. The number of aryl methyl sites for hydroxylation is 1. The Labute approximate surface area is 130 Å². The minimum absolute atomic E-state index is 0.233. The summed E-state index contributed by atoms with van der Waals surface area (Å²) in [6, 6.07) is 7.84. The topological polar surface area (TPSA) is 62.8 Å². The van der Waals surface area contributed by atoms with Gasteiger partial charge in [-0.1, -0.05) is 49.8 Å². The van der Waals surface area contributed by atoms with E-state index in [1.807, 2.05) is 44.2 Å². The molecule has 118 valence electrons. The molecule has 1 aromatic carbocycles. The molecule has 4 nitrogen and oxygen atoms in total. The van der Waals surface area contributed by atoms with Gasteiger partial charge in [-0.15, -0.1) is 0 Å². The van der Waals surface area contributed by atoms with Crippen LogP contribution < -0.4 is 0 Å². The molecule has 22 heavy (non-hydrogen) atoms. The van der Waals surface area contributed by atoms with Crippen molar-refractivity contribution in [2.24, 2.45) is 0 Å². The number of nitrogens with zero attached hydrogens (tertiary/aromatic N) is 1. The highest BCUT2D eigenvalue weighted by Crippen LogP contribution is 2.20. The first-order chi connectivity index (χ1) is 10.5. The molecule has 0 unspecified atom stereocenters. The van der Waals surface area contributed by atoms with Gasteiger partial charge in [-0.05, 0) is 24.0 Å². The van der Waals surface area contributed by atoms with Crippen LogP contribution in [0.4, 0.5) is 4.39 Å². The lowest BCUT2D eigenvalue weighted by molar-refractivity contribution is 0.563. The van der Waals surface area contributed by atoms with Crippen molar-refractivity contribution in [1.29, 1.82) is 0 Å². The van der Waals surface area contributed by atoms with Gasteiger partial charge in [0.1, 0.15) is 0 Å². The van der Waals surface area contributed by atoms with Gasteiger partial charge >= 0.3 is 0 Å². The van der Waals surface area contributed by atoms with Gasteiger partial charge in [0.25, 0.3) is 0 Å². The van der Waals surface area contributed by atoms with Crippen molar-refractivity contribution in [2.45, 2.75) is 31.7 Å². The van der Waals surface area contributed by atoms with Crippen LogP contribution >= 0.6 is 0 Å². The van der Waals surface area contributed by atoms with E-state index in [9.17, 15) is 12.8 Å². The second-order valence-electron chi connectivity index (χ2n) is 5.01. The number of aromatic nitrogens is 2. The molecule has 1 N–H and O–H groups in total. The highest BCUT2D eigenvalue weighted by Gasteiger charge is 2.23. The number of benzene rings is 1. The molecule has 0 aliphatic rings. The van der Waals surface area contributed by atoms with Crippen molar-refractivity contribution in [1.82, 2.24) is 10.2 Å². The third kappa shape index (κ3) is 3.62. The van der Waals surface area contributed by atoms with Gasteiger partial charge in [0.05, 0.1) is 11.9 Å². The molecular weight excluding hydrogens is 303 g/mol. The van der Waals surface area contributed by atoms with E-state index < -0.39 is 20.7 Å². The third-order valence-electron chi connectivity index (χ3n) is 3.48. The Kier molecular flexibility index (Phi) is 5.13. The molecule has 2 aromatic rings. The minimum Gasteiger partial charge on any atom is -0.281 e. The summed E-state index contributed by atoms with van der Waals surface area (Å²) in [4.78, 5) is 0. The van der Waals surface area contributed by atoms with Crippen molar-refractivity contribution >= 4 is 15.9 Å². The van der Waals surface area contributed by atoms with Crippen molar-refractivity contribution in [3.05, 3.63) is 53.0 Å². The lowest BCUT2D eigenvalue weighted by Crippen LogP contribution is -2.11. The van der Waals surface area contributed by atoms with Crippen LogP contribution in [0.3, 0.4) is 0 Å². The molecule has 1 aromatic heterocycles. The van der Waals surface area contributed by atoms with Crippen LogP contribution in [0.2, 0.25) is 0 Å². The Bertz CT molecular complexity index is 779. The van der Waals surface area contributed by atoms with Crippen LogP contribution in [0.5, 0.6) is 0 Å². The monoisotopic (exact) mass is 322 g/mol. The zero-order valence-electron chi connectivity index (χ0n) is 12.6. The molecule has 1 heterocycles. The van der Waals surface area contributed by atoms with E-state index in [2.05, 4.69) is 10.2 Å². The summed E-state index contributed by atoms with van der Waals surface area (Å²) in [6.45, 7) is 3.94. The summed E-state index contributed by atoms with van der Waals surface area (Å²) < 4.78 is 38.0. The van der Waals surface area contributed by atoms with Gasteiger partial charge in [-0.3, -0.25) is 5.10 Å². The van der Waals surface area contributed by atoms with Crippen molar-refractivity contribution in [3.63, 3.8) is 0 Å². The highest BCUT2D eigenvalue weighted by atomic mass is 32.2. The van der Waals surface area contributed by atoms with Crippen LogP contribution in [0, 0.1) is 5.82 Å². The van der Waals surface area contributed by atoms with E-state index in [1.54, 1.807) is 0 Å². The molecule has 0 bridgehead atoms. The second kappa shape index (κ2) is 6.87. The SMILES string of the molecule is CCC(=Cc1ccccc1CC)CS(=O)(=O)c1n[nH]cc1F. The fourth-order valence-electron chi connectivity index (χ4n) is 2.26. The third-order valence-corrected chi connectivity index (χ3v) is 5.11. The molecule has 2 rings (SSSR count). The number of sulfone groups is 1. The lowest BCUT2D eigenvalue weighted by Gasteiger charge is -2.08. The minimum atomic E-state index is -3.78. The number of nitrogens with one attached hydrogen (secondary N) is 1. The number of halogens is 1. The molecule has 0 aliphatic carbocycles. The Morgan fingerprint density at radius 1 is 1.32 bits per heavy atom. The van der Waals surface area contributed by atoms with Crippen LogP contribution in [0.1, 0.15) is 31.4 Å². The number of H-pyrrole nitrogens is 1. The van der Waals surface area contributed by atoms with Crippen LogP contribution in [0.15, 0.2) is 41.1 Å². The Morgan fingerprint density at radius 3 is 2.64 bits per heavy atom. The molecule has 0 saturated heterocycles. The Hall–Kier alpha value is -1.95.